The normalized spacial score (nSPS) is 16.3. The molecule has 212 valence electrons. The van der Waals surface area contributed by atoms with Gasteiger partial charge in [-0.15, -0.1) is 0 Å². The molecule has 1 amide bonds. The number of sulfonamides is 1. The van der Waals surface area contributed by atoms with E-state index in [4.69, 9.17) is 9.47 Å². The number of hydrogen-bond acceptors (Lipinski definition) is 7. The van der Waals surface area contributed by atoms with Crippen molar-refractivity contribution in [1.29, 1.82) is 0 Å². The summed E-state index contributed by atoms with van der Waals surface area (Å²) in [6.07, 6.45) is -0.411. The molecule has 0 fully saturated rings. The lowest BCUT2D eigenvalue weighted by molar-refractivity contribution is 0.0504. The van der Waals surface area contributed by atoms with Gasteiger partial charge in [-0.2, -0.15) is 0 Å². The van der Waals surface area contributed by atoms with E-state index in [1.165, 1.54) is 12.1 Å². The fourth-order valence-corrected chi connectivity index (χ4v) is 6.01. The maximum absolute atomic E-state index is 12.8. The molecule has 0 spiro atoms. The van der Waals surface area contributed by atoms with Gasteiger partial charge in [0.15, 0.2) is 0 Å². The SMILES string of the molecule is O=C(NS(=O)(=O)c1ccccc1)c1cccc(C[C@@H]2COc3ccc(OCc4ccc5ccccc5n4)cc3[C@@H]2O)c1. The molecule has 4 aromatic carbocycles. The number of para-hydroxylation sites is 1. The molecule has 2 heterocycles. The second kappa shape index (κ2) is 11.6. The minimum absolute atomic E-state index is 0.00696. The number of carbonyl (C=O) groups is 1. The molecule has 0 saturated carbocycles. The van der Waals surface area contributed by atoms with E-state index in [1.807, 2.05) is 42.5 Å². The third-order valence-electron chi connectivity index (χ3n) is 7.21. The molecule has 6 rings (SSSR count). The number of aliphatic hydroxyl groups is 1. The average Bonchev–Trinajstić information content (AvgIpc) is 3.02. The number of pyridine rings is 1. The summed E-state index contributed by atoms with van der Waals surface area (Å²) in [6.45, 7) is 0.563. The first-order chi connectivity index (χ1) is 20.4. The Morgan fingerprint density at radius 1 is 0.929 bits per heavy atom. The number of aliphatic hydroxyl groups excluding tert-OH is 1. The van der Waals surface area contributed by atoms with E-state index >= 15 is 0 Å². The Bertz CT molecular complexity index is 1860. The minimum Gasteiger partial charge on any atom is -0.493 e. The Labute approximate surface area is 243 Å². The third-order valence-corrected chi connectivity index (χ3v) is 8.56. The molecule has 8 nitrogen and oxygen atoms in total. The first-order valence-electron chi connectivity index (χ1n) is 13.5. The first-order valence-corrected chi connectivity index (χ1v) is 15.0. The molecule has 1 aliphatic heterocycles. The summed E-state index contributed by atoms with van der Waals surface area (Å²) in [7, 11) is -4.00. The highest BCUT2D eigenvalue weighted by molar-refractivity contribution is 7.90. The van der Waals surface area contributed by atoms with Crippen LogP contribution in [0.4, 0.5) is 0 Å². The van der Waals surface area contributed by atoms with E-state index in [2.05, 4.69) is 9.71 Å². The van der Waals surface area contributed by atoms with Gasteiger partial charge in [-0.05, 0) is 66.6 Å². The standard InChI is InChI=1S/C33H28N2O6S/c36-32-25(18-22-7-6-9-24(17-22)33(37)35-42(38,39)28-10-2-1-3-11-28)20-41-31-16-15-27(19-29(31)32)40-21-26-14-13-23-8-4-5-12-30(23)34-26/h1-17,19,25,32,36H,18,20-21H2,(H,35,37)/t25-,32-/m1/s1. The van der Waals surface area contributed by atoms with Gasteiger partial charge < -0.3 is 14.6 Å². The highest BCUT2D eigenvalue weighted by atomic mass is 32.2. The highest BCUT2D eigenvalue weighted by Crippen LogP contribution is 2.39. The maximum Gasteiger partial charge on any atom is 0.265 e. The van der Waals surface area contributed by atoms with Crippen LogP contribution in [-0.4, -0.2) is 31.0 Å². The highest BCUT2D eigenvalue weighted by Gasteiger charge is 2.30. The summed E-state index contributed by atoms with van der Waals surface area (Å²) >= 11 is 0. The van der Waals surface area contributed by atoms with Crippen LogP contribution in [0, 0.1) is 5.92 Å². The van der Waals surface area contributed by atoms with Crippen LogP contribution in [0.1, 0.15) is 33.3 Å². The molecule has 0 unspecified atom stereocenters. The zero-order valence-corrected chi connectivity index (χ0v) is 23.3. The molecule has 1 aromatic heterocycles. The molecule has 0 saturated heterocycles. The van der Waals surface area contributed by atoms with Gasteiger partial charge in [-0.25, -0.2) is 18.1 Å². The van der Waals surface area contributed by atoms with Gasteiger partial charge in [0.05, 0.1) is 28.8 Å². The summed E-state index contributed by atoms with van der Waals surface area (Å²) in [5.41, 5.74) is 3.29. The van der Waals surface area contributed by atoms with E-state index in [1.54, 1.807) is 54.6 Å². The van der Waals surface area contributed by atoms with E-state index in [-0.39, 0.29) is 29.6 Å². The number of nitrogens with one attached hydrogen (secondary N) is 1. The van der Waals surface area contributed by atoms with E-state index in [9.17, 15) is 18.3 Å². The Morgan fingerprint density at radius 2 is 1.74 bits per heavy atom. The topological polar surface area (TPSA) is 115 Å². The number of nitrogens with zero attached hydrogens (tertiary/aromatic N) is 1. The Balaban J connectivity index is 1.12. The monoisotopic (exact) mass is 580 g/mol. The van der Waals surface area contributed by atoms with Crippen molar-refractivity contribution in [3.05, 3.63) is 132 Å². The fraction of sp³-hybridized carbons (Fsp3) is 0.152. The van der Waals surface area contributed by atoms with Crippen molar-refractivity contribution in [1.82, 2.24) is 9.71 Å². The van der Waals surface area contributed by atoms with Gasteiger partial charge in [0.1, 0.15) is 18.1 Å². The zero-order chi connectivity index (χ0) is 29.1. The summed E-state index contributed by atoms with van der Waals surface area (Å²) < 4.78 is 39.3. The molecule has 2 N–H and O–H groups in total. The second-order valence-electron chi connectivity index (χ2n) is 10.2. The van der Waals surface area contributed by atoms with Gasteiger partial charge in [-0.1, -0.05) is 54.6 Å². The Hall–Kier alpha value is -4.73. The van der Waals surface area contributed by atoms with Gasteiger partial charge in [0.25, 0.3) is 15.9 Å². The summed E-state index contributed by atoms with van der Waals surface area (Å²) in [5, 5.41) is 12.3. The van der Waals surface area contributed by atoms with E-state index < -0.39 is 22.0 Å². The molecule has 0 radical (unpaired) electrons. The predicted octanol–water partition coefficient (Wildman–Crippen LogP) is 5.22. The van der Waals surface area contributed by atoms with Crippen molar-refractivity contribution >= 4 is 26.8 Å². The zero-order valence-electron chi connectivity index (χ0n) is 22.5. The van der Waals surface area contributed by atoms with Crippen LogP contribution in [-0.2, 0) is 23.1 Å². The molecule has 0 bridgehead atoms. The molecule has 42 heavy (non-hydrogen) atoms. The minimum atomic E-state index is -4.00. The molecule has 2 atom stereocenters. The maximum atomic E-state index is 12.8. The number of aromatic nitrogens is 1. The van der Waals surface area contributed by atoms with Crippen LogP contribution in [0.25, 0.3) is 10.9 Å². The number of hydrogen-bond donors (Lipinski definition) is 2. The smallest absolute Gasteiger partial charge is 0.265 e. The van der Waals surface area contributed by atoms with Gasteiger partial charge in [-0.3, -0.25) is 4.79 Å². The lowest BCUT2D eigenvalue weighted by Gasteiger charge is -2.30. The van der Waals surface area contributed by atoms with Crippen LogP contribution in [0.15, 0.2) is 114 Å². The molecule has 0 aliphatic carbocycles. The van der Waals surface area contributed by atoms with Crippen molar-refractivity contribution in [3.8, 4) is 11.5 Å². The number of carbonyl (C=O) groups excluding carboxylic acids is 1. The summed E-state index contributed by atoms with van der Waals surface area (Å²) in [6, 6.07) is 31.6. The van der Waals surface area contributed by atoms with Gasteiger partial charge in [0, 0.05) is 22.4 Å². The van der Waals surface area contributed by atoms with Gasteiger partial charge >= 0.3 is 0 Å². The lowest BCUT2D eigenvalue weighted by atomic mass is 9.87. The first kappa shape index (κ1) is 27.4. The third kappa shape index (κ3) is 5.97. The summed E-state index contributed by atoms with van der Waals surface area (Å²) in [4.78, 5) is 17.4. The number of rotatable bonds is 8. The summed E-state index contributed by atoms with van der Waals surface area (Å²) in [5.74, 6) is 0.162. The number of fused-ring (bicyclic) bond motifs is 2. The van der Waals surface area contributed by atoms with Crippen molar-refractivity contribution in [2.24, 2.45) is 5.92 Å². The molecular weight excluding hydrogens is 552 g/mol. The van der Waals surface area contributed by atoms with E-state index in [0.29, 0.717) is 23.5 Å². The van der Waals surface area contributed by atoms with Crippen molar-refractivity contribution in [2.45, 2.75) is 24.0 Å². The Kier molecular flexibility index (Phi) is 7.60. The second-order valence-corrected chi connectivity index (χ2v) is 11.8. The van der Waals surface area contributed by atoms with Crippen molar-refractivity contribution in [2.75, 3.05) is 6.61 Å². The van der Waals surface area contributed by atoms with Crippen LogP contribution in [0.2, 0.25) is 0 Å². The molecule has 9 heteroatoms. The van der Waals surface area contributed by atoms with E-state index in [0.717, 1.165) is 22.2 Å². The lowest BCUT2D eigenvalue weighted by Crippen LogP contribution is -2.31. The predicted molar refractivity (Wildman–Crippen MR) is 158 cm³/mol. The van der Waals surface area contributed by atoms with Crippen LogP contribution < -0.4 is 14.2 Å². The molecular formula is C33H28N2O6S. The average molecular weight is 581 g/mol. The van der Waals surface area contributed by atoms with Crippen molar-refractivity contribution in [3.63, 3.8) is 0 Å². The number of ether oxygens (including phenoxy) is 2. The molecule has 5 aromatic rings. The van der Waals surface area contributed by atoms with Crippen LogP contribution in [0.3, 0.4) is 0 Å². The van der Waals surface area contributed by atoms with Crippen molar-refractivity contribution < 1.29 is 27.8 Å². The number of amides is 1. The Morgan fingerprint density at radius 3 is 2.60 bits per heavy atom. The largest absolute Gasteiger partial charge is 0.493 e. The quantitative estimate of drug-likeness (QED) is 0.259. The fourth-order valence-electron chi connectivity index (χ4n) is 5.02. The molecule has 1 aliphatic rings. The van der Waals surface area contributed by atoms with Crippen LogP contribution >= 0.6 is 0 Å². The van der Waals surface area contributed by atoms with Gasteiger partial charge in [0.2, 0.25) is 0 Å². The van der Waals surface area contributed by atoms with Crippen LogP contribution in [0.5, 0.6) is 11.5 Å². The number of benzene rings is 4.